The van der Waals surface area contributed by atoms with Crippen molar-refractivity contribution in [3.8, 4) is 0 Å². The fourth-order valence-corrected chi connectivity index (χ4v) is 3.45. The summed E-state index contributed by atoms with van der Waals surface area (Å²) in [5, 5.41) is 1.85. The highest BCUT2D eigenvalue weighted by molar-refractivity contribution is 6.42. The molecule has 1 atom stereocenters. The monoisotopic (exact) mass is 403 g/mol. The average molecular weight is 405 g/mol. The first-order valence-electron chi connectivity index (χ1n) is 7.26. The Kier molecular flexibility index (Phi) is 5.58. The van der Waals surface area contributed by atoms with Gasteiger partial charge in [-0.25, -0.2) is 0 Å². The zero-order valence-electron chi connectivity index (χ0n) is 12.4. The summed E-state index contributed by atoms with van der Waals surface area (Å²) in [6.45, 7) is 1.35. The zero-order valence-corrected chi connectivity index (χ0v) is 15.5. The van der Waals surface area contributed by atoms with E-state index in [9.17, 15) is 4.79 Å². The molecule has 0 aliphatic carbocycles. The summed E-state index contributed by atoms with van der Waals surface area (Å²) in [4.78, 5) is 14.4. The molecule has 1 aliphatic rings. The second kappa shape index (κ2) is 7.51. The quantitative estimate of drug-likeness (QED) is 0.659. The first-order chi connectivity index (χ1) is 11.4. The number of nitrogens with zero attached hydrogens (tertiary/aromatic N) is 1. The van der Waals surface area contributed by atoms with Crippen LogP contribution in [-0.2, 0) is 4.74 Å². The minimum absolute atomic E-state index is 0.116. The molecule has 7 heteroatoms. The van der Waals surface area contributed by atoms with Crippen molar-refractivity contribution < 1.29 is 9.53 Å². The lowest BCUT2D eigenvalue weighted by molar-refractivity contribution is -0.0228. The Morgan fingerprint density at radius 1 is 1.00 bits per heavy atom. The van der Waals surface area contributed by atoms with Gasteiger partial charge in [0.2, 0.25) is 0 Å². The van der Waals surface area contributed by atoms with Crippen molar-refractivity contribution >= 4 is 52.3 Å². The normalized spacial score (nSPS) is 17.8. The van der Waals surface area contributed by atoms with Crippen molar-refractivity contribution in [1.29, 1.82) is 0 Å². The fourth-order valence-electron chi connectivity index (χ4n) is 2.61. The van der Waals surface area contributed by atoms with Gasteiger partial charge in [-0.2, -0.15) is 0 Å². The van der Waals surface area contributed by atoms with Crippen LogP contribution in [0.1, 0.15) is 22.0 Å². The van der Waals surface area contributed by atoms with Crippen molar-refractivity contribution in [2.45, 2.75) is 6.10 Å². The molecule has 0 radical (unpaired) electrons. The first-order valence-corrected chi connectivity index (χ1v) is 8.77. The highest BCUT2D eigenvalue weighted by Crippen LogP contribution is 2.29. The molecule has 0 saturated carbocycles. The summed E-state index contributed by atoms with van der Waals surface area (Å²) in [6, 6.07) is 10.1. The molecule has 1 saturated heterocycles. The minimum atomic E-state index is -0.276. The van der Waals surface area contributed by atoms with E-state index >= 15 is 0 Å². The number of carbonyl (C=O) groups is 1. The van der Waals surface area contributed by atoms with Gasteiger partial charge in [-0.05, 0) is 42.0 Å². The van der Waals surface area contributed by atoms with Crippen LogP contribution in [0.3, 0.4) is 0 Å². The van der Waals surface area contributed by atoms with Crippen LogP contribution >= 0.6 is 46.4 Å². The predicted molar refractivity (Wildman–Crippen MR) is 97.5 cm³/mol. The third kappa shape index (κ3) is 3.98. The Balaban J connectivity index is 1.79. The van der Waals surface area contributed by atoms with Crippen molar-refractivity contribution in [2.24, 2.45) is 0 Å². The Morgan fingerprint density at radius 2 is 1.71 bits per heavy atom. The van der Waals surface area contributed by atoms with Crippen LogP contribution in [0.4, 0.5) is 0 Å². The van der Waals surface area contributed by atoms with Crippen molar-refractivity contribution in [3.05, 3.63) is 67.6 Å². The maximum atomic E-state index is 12.7. The third-order valence-corrected chi connectivity index (χ3v) is 4.95. The number of hydrogen-bond donors (Lipinski definition) is 0. The largest absolute Gasteiger partial charge is 0.370 e. The highest BCUT2D eigenvalue weighted by Gasteiger charge is 2.26. The minimum Gasteiger partial charge on any atom is -0.370 e. The molecular formula is C17H13Cl4NO2. The molecule has 0 bridgehead atoms. The number of carbonyl (C=O) groups excluding carboxylic acids is 1. The molecule has 1 amide bonds. The van der Waals surface area contributed by atoms with Crippen LogP contribution in [0.15, 0.2) is 36.4 Å². The molecule has 1 aliphatic heterocycles. The molecule has 2 aromatic carbocycles. The fraction of sp³-hybridized carbons (Fsp3) is 0.235. The highest BCUT2D eigenvalue weighted by atomic mass is 35.5. The average Bonchev–Trinajstić information content (AvgIpc) is 2.56. The topological polar surface area (TPSA) is 29.5 Å². The van der Waals surface area contributed by atoms with E-state index in [2.05, 4.69) is 0 Å². The van der Waals surface area contributed by atoms with Crippen molar-refractivity contribution in [3.63, 3.8) is 0 Å². The Hall–Kier alpha value is -0.970. The number of benzene rings is 2. The summed E-state index contributed by atoms with van der Waals surface area (Å²) >= 11 is 24.0. The molecule has 3 rings (SSSR count). The maximum absolute atomic E-state index is 12.7. The van der Waals surface area contributed by atoms with Gasteiger partial charge >= 0.3 is 0 Å². The zero-order chi connectivity index (χ0) is 17.3. The second-order valence-corrected chi connectivity index (χ2v) is 7.13. The van der Waals surface area contributed by atoms with Crippen LogP contribution in [0, 0.1) is 0 Å². The van der Waals surface area contributed by atoms with Gasteiger partial charge in [-0.15, -0.1) is 0 Å². The Morgan fingerprint density at radius 3 is 2.38 bits per heavy atom. The number of amides is 1. The number of ether oxygens (including phenoxy) is 1. The van der Waals surface area contributed by atoms with E-state index in [1.807, 2.05) is 0 Å². The van der Waals surface area contributed by atoms with E-state index < -0.39 is 0 Å². The summed E-state index contributed by atoms with van der Waals surface area (Å²) in [6.07, 6.45) is -0.276. The number of morpholine rings is 1. The second-order valence-electron chi connectivity index (χ2n) is 5.44. The Bertz CT molecular complexity index is 761. The van der Waals surface area contributed by atoms with Gasteiger partial charge in [-0.1, -0.05) is 46.4 Å². The summed E-state index contributed by atoms with van der Waals surface area (Å²) in [5.41, 5.74) is 1.34. The molecule has 1 fully saturated rings. The lowest BCUT2D eigenvalue weighted by Gasteiger charge is -2.33. The van der Waals surface area contributed by atoms with Gasteiger partial charge in [0.05, 0.1) is 23.2 Å². The van der Waals surface area contributed by atoms with Crippen molar-refractivity contribution in [2.75, 3.05) is 19.7 Å². The maximum Gasteiger partial charge on any atom is 0.254 e. The van der Waals surface area contributed by atoms with Crippen LogP contribution in [0.2, 0.25) is 20.1 Å². The molecule has 24 heavy (non-hydrogen) atoms. The molecule has 1 heterocycles. The van der Waals surface area contributed by atoms with Gasteiger partial charge in [0, 0.05) is 22.2 Å². The van der Waals surface area contributed by atoms with E-state index in [0.717, 1.165) is 5.56 Å². The van der Waals surface area contributed by atoms with E-state index in [0.29, 0.717) is 45.4 Å². The number of halogens is 4. The summed E-state index contributed by atoms with van der Waals surface area (Å²) in [5.74, 6) is -0.116. The van der Waals surface area contributed by atoms with E-state index in [4.69, 9.17) is 51.1 Å². The molecule has 1 unspecified atom stereocenters. The van der Waals surface area contributed by atoms with E-state index in [1.54, 1.807) is 41.3 Å². The molecular weight excluding hydrogens is 392 g/mol. The van der Waals surface area contributed by atoms with Crippen LogP contribution in [-0.4, -0.2) is 30.5 Å². The molecule has 0 spiro atoms. The lowest BCUT2D eigenvalue weighted by atomic mass is 10.1. The van der Waals surface area contributed by atoms with Gasteiger partial charge in [0.1, 0.15) is 6.10 Å². The van der Waals surface area contributed by atoms with Gasteiger partial charge in [0.25, 0.3) is 5.91 Å². The van der Waals surface area contributed by atoms with Crippen LogP contribution in [0.5, 0.6) is 0 Å². The smallest absolute Gasteiger partial charge is 0.254 e. The van der Waals surface area contributed by atoms with Gasteiger partial charge in [0.15, 0.2) is 0 Å². The molecule has 0 N–H and O–H groups in total. The van der Waals surface area contributed by atoms with Gasteiger partial charge in [-0.3, -0.25) is 4.79 Å². The lowest BCUT2D eigenvalue weighted by Crippen LogP contribution is -2.42. The summed E-state index contributed by atoms with van der Waals surface area (Å²) < 4.78 is 5.77. The molecule has 126 valence electrons. The van der Waals surface area contributed by atoms with Crippen LogP contribution in [0.25, 0.3) is 0 Å². The van der Waals surface area contributed by atoms with Crippen LogP contribution < -0.4 is 0 Å². The van der Waals surface area contributed by atoms with E-state index in [-0.39, 0.29) is 12.0 Å². The Labute approximate surface area is 160 Å². The third-order valence-electron chi connectivity index (χ3n) is 3.78. The molecule has 3 nitrogen and oxygen atoms in total. The SMILES string of the molecule is O=C(c1ccc(Cl)c(Cl)c1)N1CCOC(c2cc(Cl)cc(Cl)c2)C1. The number of hydrogen-bond acceptors (Lipinski definition) is 2. The first kappa shape index (κ1) is 17.8. The number of rotatable bonds is 2. The molecule has 2 aromatic rings. The van der Waals surface area contributed by atoms with Gasteiger partial charge < -0.3 is 9.64 Å². The van der Waals surface area contributed by atoms with Crippen molar-refractivity contribution in [1.82, 2.24) is 4.90 Å². The molecule has 0 aromatic heterocycles. The van der Waals surface area contributed by atoms with E-state index in [1.165, 1.54) is 0 Å². The summed E-state index contributed by atoms with van der Waals surface area (Å²) in [7, 11) is 0. The predicted octanol–water partition coefficient (Wildman–Crippen LogP) is 5.51. The standard InChI is InChI=1S/C17H13Cl4NO2/c18-12-5-11(6-13(19)8-12)16-9-22(3-4-24-16)17(23)10-1-2-14(20)15(21)7-10/h1-2,5-8,16H,3-4,9H2.